The molecule has 1 heterocycles. The van der Waals surface area contributed by atoms with Crippen molar-refractivity contribution in [2.24, 2.45) is 0 Å². The maximum absolute atomic E-state index is 14.7. The molecule has 0 amide bonds. The Morgan fingerprint density at radius 2 is 1.46 bits per heavy atom. The Bertz CT molecular complexity index is 1500. The second kappa shape index (κ2) is 10.2. The monoisotopic (exact) mass is 583 g/mol. The number of fused-ring (bicyclic) bond motifs is 1. The average Bonchev–Trinajstić information content (AvgIpc) is 2.88. The van der Waals surface area contributed by atoms with E-state index in [0.717, 1.165) is 18.2 Å². The number of rotatable bonds is 6. The van der Waals surface area contributed by atoms with Crippen LogP contribution in [0.5, 0.6) is 17.2 Å². The quantitative estimate of drug-likeness (QED) is 0.214. The van der Waals surface area contributed by atoms with Gasteiger partial charge in [-0.05, 0) is 35.7 Å². The van der Waals surface area contributed by atoms with E-state index in [-0.39, 0.29) is 29.0 Å². The summed E-state index contributed by atoms with van der Waals surface area (Å²) in [5, 5.41) is 0. The number of nitrogens with zero attached hydrogens (tertiary/aromatic N) is 1. The lowest BCUT2D eigenvalue weighted by Gasteiger charge is -2.37. The van der Waals surface area contributed by atoms with E-state index in [2.05, 4.69) is 4.74 Å². The van der Waals surface area contributed by atoms with Crippen LogP contribution < -0.4 is 14.2 Å². The summed E-state index contributed by atoms with van der Waals surface area (Å²) in [4.78, 5) is -2.11. The van der Waals surface area contributed by atoms with Gasteiger partial charge >= 0.3 is 6.36 Å². The fraction of sp³-hybridized carbons (Fsp3) is 0.250. The molecule has 0 spiro atoms. The van der Waals surface area contributed by atoms with E-state index in [1.165, 1.54) is 32.4 Å². The van der Waals surface area contributed by atoms with Crippen LogP contribution in [-0.4, -0.2) is 39.8 Å². The highest BCUT2D eigenvalue weighted by Crippen LogP contribution is 2.46. The second-order valence-electron chi connectivity index (χ2n) is 8.19. The van der Waals surface area contributed by atoms with Gasteiger partial charge in [-0.2, -0.15) is 4.31 Å². The molecule has 6 nitrogen and oxygen atoms in total. The number of methoxy groups -OCH3 is 2. The fourth-order valence-electron chi connectivity index (χ4n) is 4.37. The molecule has 1 aliphatic heterocycles. The molecule has 0 N–H and O–H groups in total. The van der Waals surface area contributed by atoms with Crippen LogP contribution in [0.2, 0.25) is 0 Å². The first kappa shape index (κ1) is 28.4. The Morgan fingerprint density at radius 1 is 0.846 bits per heavy atom. The van der Waals surface area contributed by atoms with Gasteiger partial charge in [0.05, 0.1) is 20.3 Å². The Morgan fingerprint density at radius 3 is 2.03 bits per heavy atom. The summed E-state index contributed by atoms with van der Waals surface area (Å²) in [6.45, 7) is -0.569. The SMILES string of the molecule is COc1cc2c(c(OC)c1)C(c1cccc(OC(F)(F)F)c1)N(S(=O)(=O)c1c(F)c(F)c(F)c(F)c1F)CC2. The van der Waals surface area contributed by atoms with Gasteiger partial charge in [-0.25, -0.2) is 30.4 Å². The molecule has 39 heavy (non-hydrogen) atoms. The second-order valence-corrected chi connectivity index (χ2v) is 10.0. The first-order valence-electron chi connectivity index (χ1n) is 10.8. The molecule has 210 valence electrons. The summed E-state index contributed by atoms with van der Waals surface area (Å²) in [5.74, 6) is -13.2. The van der Waals surface area contributed by atoms with Gasteiger partial charge in [0.15, 0.2) is 28.2 Å². The average molecular weight is 583 g/mol. The van der Waals surface area contributed by atoms with Crippen LogP contribution in [0.4, 0.5) is 35.1 Å². The van der Waals surface area contributed by atoms with Gasteiger partial charge in [-0.15, -0.1) is 13.2 Å². The van der Waals surface area contributed by atoms with E-state index < -0.39 is 68.7 Å². The molecule has 1 atom stereocenters. The van der Waals surface area contributed by atoms with Crippen LogP contribution in [0.15, 0.2) is 41.3 Å². The third kappa shape index (κ3) is 5.07. The molecule has 1 unspecified atom stereocenters. The summed E-state index contributed by atoms with van der Waals surface area (Å²) < 4.78 is 152. The Kier molecular flexibility index (Phi) is 7.42. The molecule has 1 aliphatic rings. The van der Waals surface area contributed by atoms with Crippen molar-refractivity contribution in [1.82, 2.24) is 4.31 Å². The zero-order valence-electron chi connectivity index (χ0n) is 19.9. The molecule has 3 aromatic rings. The van der Waals surface area contributed by atoms with Crippen molar-refractivity contribution in [2.75, 3.05) is 20.8 Å². The molecule has 0 saturated heterocycles. The van der Waals surface area contributed by atoms with Crippen molar-refractivity contribution in [1.29, 1.82) is 0 Å². The van der Waals surface area contributed by atoms with Crippen LogP contribution >= 0.6 is 0 Å². The van der Waals surface area contributed by atoms with Gasteiger partial charge in [-0.1, -0.05) is 12.1 Å². The summed E-state index contributed by atoms with van der Waals surface area (Å²) in [6, 6.07) is 5.23. The largest absolute Gasteiger partial charge is 0.573 e. The third-order valence-corrected chi connectivity index (χ3v) is 7.85. The smallest absolute Gasteiger partial charge is 0.497 e. The van der Waals surface area contributed by atoms with E-state index in [1.54, 1.807) is 0 Å². The molecule has 0 bridgehead atoms. The number of alkyl halides is 3. The standard InChI is InChI=1S/C24H17F8NO5S/c1-36-14-8-11-6-7-33(39(34,35)23-20(28)18(26)17(25)19(27)21(23)29)22(16(11)15(10-14)37-2)12-4-3-5-13(9-12)38-24(30,31)32/h3-5,8-10,22H,6-7H2,1-2H3. The predicted molar refractivity (Wildman–Crippen MR) is 118 cm³/mol. The van der Waals surface area contributed by atoms with Crippen molar-refractivity contribution in [3.63, 3.8) is 0 Å². The van der Waals surface area contributed by atoms with Gasteiger partial charge in [0.25, 0.3) is 0 Å². The predicted octanol–water partition coefficient (Wildman–Crippen LogP) is 5.63. The normalized spacial score (nSPS) is 16.1. The highest BCUT2D eigenvalue weighted by atomic mass is 32.2. The maximum atomic E-state index is 14.7. The fourth-order valence-corrected chi connectivity index (χ4v) is 6.07. The van der Waals surface area contributed by atoms with E-state index in [9.17, 15) is 43.5 Å². The first-order valence-corrected chi connectivity index (χ1v) is 12.3. The van der Waals surface area contributed by atoms with Crippen LogP contribution in [0.25, 0.3) is 0 Å². The first-order chi connectivity index (χ1) is 18.2. The zero-order chi connectivity index (χ0) is 28.9. The lowest BCUT2D eigenvalue weighted by molar-refractivity contribution is -0.274. The molecular weight excluding hydrogens is 566 g/mol. The van der Waals surface area contributed by atoms with E-state index >= 15 is 0 Å². The van der Waals surface area contributed by atoms with Crippen molar-refractivity contribution in [3.8, 4) is 17.2 Å². The van der Waals surface area contributed by atoms with Crippen molar-refractivity contribution in [3.05, 3.63) is 82.2 Å². The number of halogens is 8. The van der Waals surface area contributed by atoms with Crippen LogP contribution in [0.1, 0.15) is 22.7 Å². The van der Waals surface area contributed by atoms with E-state index in [0.29, 0.717) is 9.87 Å². The van der Waals surface area contributed by atoms with Crippen LogP contribution in [-0.2, 0) is 16.4 Å². The molecular formula is C24H17F8NO5S. The molecule has 0 aliphatic carbocycles. The zero-order valence-corrected chi connectivity index (χ0v) is 20.7. The number of ether oxygens (including phenoxy) is 3. The lowest BCUT2D eigenvalue weighted by atomic mass is 9.88. The maximum Gasteiger partial charge on any atom is 0.573 e. The summed E-state index contributed by atoms with van der Waals surface area (Å²) in [6.07, 6.45) is -5.26. The van der Waals surface area contributed by atoms with Gasteiger partial charge in [0.1, 0.15) is 17.2 Å². The van der Waals surface area contributed by atoms with Crippen molar-refractivity contribution < 1.29 is 57.8 Å². The molecule has 0 aromatic heterocycles. The highest BCUT2D eigenvalue weighted by molar-refractivity contribution is 7.89. The third-order valence-electron chi connectivity index (χ3n) is 5.96. The molecule has 4 rings (SSSR count). The summed E-state index contributed by atoms with van der Waals surface area (Å²) >= 11 is 0. The minimum absolute atomic E-state index is 0.0196. The minimum Gasteiger partial charge on any atom is -0.497 e. The molecule has 0 fully saturated rings. The summed E-state index contributed by atoms with van der Waals surface area (Å²) in [7, 11) is -2.99. The topological polar surface area (TPSA) is 65.1 Å². The molecule has 0 saturated carbocycles. The molecule has 0 radical (unpaired) electrons. The van der Waals surface area contributed by atoms with Gasteiger partial charge in [0.2, 0.25) is 15.8 Å². The molecule has 3 aromatic carbocycles. The Hall–Kier alpha value is -3.59. The molecule has 15 heteroatoms. The van der Waals surface area contributed by atoms with Crippen molar-refractivity contribution in [2.45, 2.75) is 23.7 Å². The number of benzene rings is 3. The minimum atomic E-state index is -5.53. The Balaban J connectivity index is 2.00. The Labute approximate surface area is 216 Å². The highest BCUT2D eigenvalue weighted by Gasteiger charge is 2.44. The van der Waals surface area contributed by atoms with E-state index in [4.69, 9.17) is 9.47 Å². The van der Waals surface area contributed by atoms with Crippen LogP contribution in [0, 0.1) is 29.1 Å². The van der Waals surface area contributed by atoms with E-state index in [1.807, 2.05) is 0 Å². The van der Waals surface area contributed by atoms with Crippen LogP contribution in [0.3, 0.4) is 0 Å². The number of hydrogen-bond acceptors (Lipinski definition) is 5. The number of hydrogen-bond donors (Lipinski definition) is 0. The van der Waals surface area contributed by atoms with Gasteiger partial charge < -0.3 is 14.2 Å². The van der Waals surface area contributed by atoms with Gasteiger partial charge in [0, 0.05) is 18.2 Å². The van der Waals surface area contributed by atoms with Gasteiger partial charge in [-0.3, -0.25) is 0 Å². The van der Waals surface area contributed by atoms with Crippen molar-refractivity contribution >= 4 is 10.0 Å². The lowest BCUT2D eigenvalue weighted by Crippen LogP contribution is -2.41. The number of sulfonamides is 1. The summed E-state index contributed by atoms with van der Waals surface area (Å²) in [5.41, 5.74) is 0.247.